The number of nitrogens with zero attached hydrogens (tertiary/aromatic N) is 4. The summed E-state index contributed by atoms with van der Waals surface area (Å²) in [7, 11) is -3.92. The molecule has 0 fully saturated rings. The second kappa shape index (κ2) is 19.6. The maximum Gasteiger partial charge on any atom is 0.270 e. The lowest BCUT2D eigenvalue weighted by Crippen LogP contribution is -2.19. The third kappa shape index (κ3) is 12.2. The number of fused-ring (bicyclic) bond motifs is 1. The van der Waals surface area contributed by atoms with Gasteiger partial charge in [0, 0.05) is 41.5 Å². The van der Waals surface area contributed by atoms with Crippen molar-refractivity contribution >= 4 is 44.7 Å². The zero-order chi connectivity index (χ0) is 35.8. The second-order valence-electron chi connectivity index (χ2n) is 11.1. The van der Waals surface area contributed by atoms with Crippen LogP contribution in [-0.4, -0.2) is 49.2 Å². The average Bonchev–Trinajstić information content (AvgIpc) is 3.43. The quantitative estimate of drug-likeness (QED) is 0.0594. The number of anilines is 1. The molecule has 3 aromatic rings. The highest BCUT2D eigenvalue weighted by Crippen LogP contribution is 2.48. The minimum Gasteiger partial charge on any atom is -0.748 e. The van der Waals surface area contributed by atoms with Crippen LogP contribution >= 0.6 is 23.4 Å². The molecule has 1 heterocycles. The molecule has 0 radical (unpaired) electrons. The summed E-state index contributed by atoms with van der Waals surface area (Å²) in [6, 6.07) is 27.6. The number of rotatable bonds is 13. The van der Waals surface area contributed by atoms with E-state index in [0.29, 0.717) is 23.3 Å². The Morgan fingerprint density at radius 2 is 1.76 bits per heavy atom. The molecule has 49 heavy (non-hydrogen) atoms. The van der Waals surface area contributed by atoms with Gasteiger partial charge in [-0.3, -0.25) is 0 Å². The SMILES string of the molecule is CS(=O)(=O)[O-].[C-]#[N+]/C(C#N)=C(\C(C#N)=CC=C1Sc2ccc(-c3ccccc3)cc2N1CCCCCC(CO)CCO)c1cccc(Cl)c1. The number of nitriles is 2. The Bertz CT molecular complexity index is 1900. The van der Waals surface area contributed by atoms with Gasteiger partial charge in [0.25, 0.3) is 5.70 Å². The van der Waals surface area contributed by atoms with Gasteiger partial charge >= 0.3 is 0 Å². The summed E-state index contributed by atoms with van der Waals surface area (Å²) in [6.45, 7) is 8.50. The van der Waals surface area contributed by atoms with E-state index >= 15 is 0 Å². The number of aliphatic hydroxyl groups excluding tert-OH is 2. The molecule has 254 valence electrons. The Labute approximate surface area is 297 Å². The number of thioether (sulfide) groups is 1. The van der Waals surface area contributed by atoms with Gasteiger partial charge in [-0.25, -0.2) is 18.5 Å². The summed E-state index contributed by atoms with van der Waals surface area (Å²) in [5.41, 5.74) is 4.14. The van der Waals surface area contributed by atoms with Crippen LogP contribution in [0.1, 0.15) is 37.7 Å². The van der Waals surface area contributed by atoms with Gasteiger partial charge in [0.2, 0.25) is 0 Å². The maximum atomic E-state index is 10.2. The van der Waals surface area contributed by atoms with Crippen LogP contribution < -0.4 is 4.90 Å². The highest BCUT2D eigenvalue weighted by atomic mass is 35.5. The molecule has 0 spiro atoms. The van der Waals surface area contributed by atoms with E-state index in [-0.39, 0.29) is 36.0 Å². The molecule has 1 aliphatic rings. The second-order valence-corrected chi connectivity index (χ2v) is 14.0. The summed E-state index contributed by atoms with van der Waals surface area (Å²) < 4.78 is 27.2. The van der Waals surface area contributed by atoms with E-state index in [4.69, 9.17) is 31.1 Å². The summed E-state index contributed by atoms with van der Waals surface area (Å²) in [6.07, 6.45) is 8.51. The molecule has 1 aliphatic heterocycles. The molecule has 12 heteroatoms. The lowest BCUT2D eigenvalue weighted by atomic mass is 9.96. The molecule has 1 atom stereocenters. The van der Waals surface area contributed by atoms with E-state index in [1.165, 1.54) is 0 Å². The summed E-state index contributed by atoms with van der Waals surface area (Å²) in [4.78, 5) is 6.77. The van der Waals surface area contributed by atoms with Gasteiger partial charge in [-0.2, -0.15) is 5.26 Å². The van der Waals surface area contributed by atoms with Gasteiger partial charge in [0.1, 0.15) is 0 Å². The fraction of sp³-hybridized carbons (Fsp3) is 0.270. The van der Waals surface area contributed by atoms with E-state index in [1.54, 1.807) is 42.1 Å². The zero-order valence-electron chi connectivity index (χ0n) is 26.9. The van der Waals surface area contributed by atoms with Crippen LogP contribution in [0.4, 0.5) is 5.69 Å². The van der Waals surface area contributed by atoms with Crippen LogP contribution in [-0.2, 0) is 10.1 Å². The molecule has 0 aliphatic carbocycles. The Morgan fingerprint density at radius 3 is 2.37 bits per heavy atom. The zero-order valence-corrected chi connectivity index (χ0v) is 29.3. The van der Waals surface area contributed by atoms with Crippen LogP contribution in [0.15, 0.2) is 106 Å². The highest BCUT2D eigenvalue weighted by molar-refractivity contribution is 8.03. The minimum atomic E-state index is -3.92. The number of halogens is 1. The molecule has 4 rings (SSSR count). The first-order chi connectivity index (χ1) is 23.5. The first-order valence-corrected chi connectivity index (χ1v) is 18.4. The van der Waals surface area contributed by atoms with Crippen molar-refractivity contribution in [1.29, 1.82) is 10.5 Å². The van der Waals surface area contributed by atoms with E-state index in [2.05, 4.69) is 46.1 Å². The number of aliphatic hydroxyl groups is 2. The lowest BCUT2D eigenvalue weighted by Gasteiger charge is -2.21. The molecule has 0 saturated heterocycles. The molecular weight excluding hydrogens is 680 g/mol. The van der Waals surface area contributed by atoms with Crippen LogP contribution in [0.3, 0.4) is 0 Å². The van der Waals surface area contributed by atoms with E-state index in [9.17, 15) is 20.7 Å². The van der Waals surface area contributed by atoms with E-state index in [1.807, 2.05) is 30.3 Å². The lowest BCUT2D eigenvalue weighted by molar-refractivity contribution is 0.174. The first-order valence-electron chi connectivity index (χ1n) is 15.4. The molecule has 3 aromatic carbocycles. The number of hydrogen-bond donors (Lipinski definition) is 2. The van der Waals surface area contributed by atoms with Crippen molar-refractivity contribution in [3.8, 4) is 23.3 Å². The molecule has 0 amide bonds. The average molecular weight is 716 g/mol. The smallest absolute Gasteiger partial charge is 0.270 e. The first kappa shape index (κ1) is 39.1. The van der Waals surface area contributed by atoms with Gasteiger partial charge in [0.05, 0.1) is 45.1 Å². The summed E-state index contributed by atoms with van der Waals surface area (Å²) >= 11 is 7.84. The predicted molar refractivity (Wildman–Crippen MR) is 194 cm³/mol. The monoisotopic (exact) mass is 715 g/mol. The van der Waals surface area contributed by atoms with Gasteiger partial charge < -0.3 is 19.7 Å². The molecule has 0 saturated carbocycles. The van der Waals surface area contributed by atoms with Gasteiger partial charge in [-0.05, 0) is 78.3 Å². The number of allylic oxidation sites excluding steroid dienone is 5. The van der Waals surface area contributed by atoms with E-state index in [0.717, 1.165) is 59.0 Å². The van der Waals surface area contributed by atoms with Gasteiger partial charge in [-0.1, -0.05) is 84.7 Å². The summed E-state index contributed by atoms with van der Waals surface area (Å²) in [5.74, 6) is 0.122. The highest BCUT2D eigenvalue weighted by Gasteiger charge is 2.25. The standard InChI is InChI=1S/C36H33ClN4O2S.CH4O3S/c1-40-32(24-39)36(29-12-8-13-31(37)21-29)30(23-38)15-17-35-41(19-7-3-4-9-26(25-43)18-20-42)33-22-28(14-16-34(33)44-35)27-10-5-2-6-11-27;1-5(2,3)4/h2,5-6,8,10-17,21-22,26,42-43H,3-4,7,9,18-20,25H2;1H3,(H,2,3,4)/p-1/b30-15?,35-17?,36-32-;. The Morgan fingerprint density at radius 1 is 1.02 bits per heavy atom. The van der Waals surface area contributed by atoms with Crippen LogP contribution in [0.2, 0.25) is 5.02 Å². The molecule has 0 aromatic heterocycles. The topological polar surface area (TPSA) is 153 Å². The maximum absolute atomic E-state index is 10.2. The molecular formula is C37H36ClN4O5S2-. The third-order valence-electron chi connectivity index (χ3n) is 7.48. The van der Waals surface area contributed by atoms with E-state index < -0.39 is 10.1 Å². The van der Waals surface area contributed by atoms with Crippen LogP contribution in [0.25, 0.3) is 21.5 Å². The fourth-order valence-corrected chi connectivity index (χ4v) is 6.45. The molecule has 0 bridgehead atoms. The normalized spacial score (nSPS) is 14.4. The van der Waals surface area contributed by atoms with Crippen LogP contribution in [0.5, 0.6) is 0 Å². The Kier molecular flexibility index (Phi) is 15.6. The van der Waals surface area contributed by atoms with Gasteiger partial charge in [0.15, 0.2) is 0 Å². The minimum absolute atomic E-state index is 0.0864. The summed E-state index contributed by atoms with van der Waals surface area (Å²) in [5, 5.41) is 40.1. The molecule has 1 unspecified atom stereocenters. The predicted octanol–water partition coefficient (Wildman–Crippen LogP) is 7.78. The fourth-order valence-electron chi connectivity index (χ4n) is 5.19. The van der Waals surface area contributed by atoms with Crippen molar-refractivity contribution in [3.63, 3.8) is 0 Å². The Hall–Kier alpha value is -4.38. The molecule has 2 N–H and O–H groups in total. The molecule has 9 nitrogen and oxygen atoms in total. The van der Waals surface area contributed by atoms with Crippen molar-refractivity contribution in [2.45, 2.75) is 37.0 Å². The number of benzene rings is 3. The van der Waals surface area contributed by atoms with Crippen molar-refractivity contribution in [3.05, 3.63) is 123 Å². The largest absolute Gasteiger partial charge is 0.748 e. The van der Waals surface area contributed by atoms with Crippen molar-refractivity contribution in [1.82, 2.24) is 0 Å². The number of hydrogen-bond acceptors (Lipinski definition) is 9. The van der Waals surface area contributed by atoms with Crippen molar-refractivity contribution in [2.24, 2.45) is 5.92 Å². The van der Waals surface area contributed by atoms with Gasteiger partial charge in [-0.15, -0.1) is 0 Å². The Balaban J connectivity index is 0.00000121. The van der Waals surface area contributed by atoms with Crippen molar-refractivity contribution < 1.29 is 23.2 Å². The van der Waals surface area contributed by atoms with Crippen molar-refractivity contribution in [2.75, 3.05) is 30.9 Å². The number of unbranched alkanes of at least 4 members (excludes halogenated alkanes) is 2. The van der Waals surface area contributed by atoms with Crippen LogP contribution in [0, 0.1) is 35.2 Å². The third-order valence-corrected chi connectivity index (χ3v) is 8.84.